The van der Waals surface area contributed by atoms with Crippen LogP contribution < -0.4 is 10.6 Å². The Hall–Kier alpha value is -1.75. The summed E-state index contributed by atoms with van der Waals surface area (Å²) in [5.74, 6) is 0.0167. The maximum absolute atomic E-state index is 12.8. The number of rotatable bonds is 2. The fourth-order valence-corrected chi connectivity index (χ4v) is 2.63. The summed E-state index contributed by atoms with van der Waals surface area (Å²) < 4.78 is 5.67. The average molecular weight is 277 g/mol. The molecule has 110 valence electrons. The molecular weight excluding hydrogens is 254 g/mol. The number of amides is 1. The number of hydrogen-bond donors (Lipinski definition) is 1. The van der Waals surface area contributed by atoms with Crippen LogP contribution in [0, 0.1) is 0 Å². The molecule has 0 bridgehead atoms. The highest BCUT2D eigenvalue weighted by Crippen LogP contribution is 2.24. The van der Waals surface area contributed by atoms with Gasteiger partial charge in [0.15, 0.2) is 0 Å². The lowest BCUT2D eigenvalue weighted by Gasteiger charge is -2.36. The van der Waals surface area contributed by atoms with Gasteiger partial charge in [-0.3, -0.25) is 4.79 Å². The molecule has 1 amide bonds. The molecule has 0 radical (unpaired) electrons. The molecule has 1 aromatic rings. The summed E-state index contributed by atoms with van der Waals surface area (Å²) in [7, 11) is 3.85. The molecule has 0 aromatic heterocycles. The van der Waals surface area contributed by atoms with Gasteiger partial charge in [0.25, 0.3) is 5.91 Å². The molecule has 2 unspecified atom stereocenters. The van der Waals surface area contributed by atoms with Crippen molar-refractivity contribution in [2.24, 2.45) is 0 Å². The SMILES string of the molecule is CC1CN(C(=O)c2cc(N)ccc2N(C)C)CC(C)O1. The lowest BCUT2D eigenvalue weighted by atomic mass is 10.1. The molecule has 2 atom stereocenters. The van der Waals surface area contributed by atoms with E-state index in [0.717, 1.165) is 5.69 Å². The topological polar surface area (TPSA) is 58.8 Å². The summed E-state index contributed by atoms with van der Waals surface area (Å²) in [4.78, 5) is 16.5. The van der Waals surface area contributed by atoms with Crippen molar-refractivity contribution < 1.29 is 9.53 Å². The van der Waals surface area contributed by atoms with Crippen LogP contribution in [0.3, 0.4) is 0 Å². The third-order valence-corrected chi connectivity index (χ3v) is 3.44. The highest BCUT2D eigenvalue weighted by molar-refractivity contribution is 6.00. The monoisotopic (exact) mass is 277 g/mol. The number of carbonyl (C=O) groups excluding carboxylic acids is 1. The number of morpholine rings is 1. The first kappa shape index (κ1) is 14.7. The smallest absolute Gasteiger partial charge is 0.256 e. The normalized spacial score (nSPS) is 22.7. The van der Waals surface area contributed by atoms with Gasteiger partial charge < -0.3 is 20.3 Å². The molecule has 5 heteroatoms. The van der Waals surface area contributed by atoms with E-state index in [0.29, 0.717) is 24.3 Å². The summed E-state index contributed by atoms with van der Waals surface area (Å²) in [6.07, 6.45) is 0.123. The Morgan fingerprint density at radius 3 is 2.45 bits per heavy atom. The van der Waals surface area contributed by atoms with Crippen LogP contribution in [-0.4, -0.2) is 50.2 Å². The number of nitrogens with two attached hydrogens (primary N) is 1. The van der Waals surface area contributed by atoms with E-state index in [1.54, 1.807) is 6.07 Å². The van der Waals surface area contributed by atoms with Gasteiger partial charge in [0.1, 0.15) is 0 Å². The summed E-state index contributed by atoms with van der Waals surface area (Å²) in [5.41, 5.74) is 7.98. The van der Waals surface area contributed by atoms with Crippen LogP contribution in [0.2, 0.25) is 0 Å². The molecule has 1 fully saturated rings. The van der Waals surface area contributed by atoms with E-state index >= 15 is 0 Å². The molecule has 0 aliphatic carbocycles. The minimum atomic E-state index is 0.0167. The zero-order chi connectivity index (χ0) is 14.9. The Bertz CT molecular complexity index is 492. The Labute approximate surface area is 120 Å². The minimum Gasteiger partial charge on any atom is -0.399 e. The standard InChI is InChI=1S/C15H23N3O2/c1-10-8-18(9-11(2)20-10)15(19)13-7-12(16)5-6-14(13)17(3)4/h5-7,10-11H,8-9,16H2,1-4H3. The Morgan fingerprint density at radius 2 is 1.90 bits per heavy atom. The largest absolute Gasteiger partial charge is 0.399 e. The van der Waals surface area contributed by atoms with Crippen molar-refractivity contribution in [3.05, 3.63) is 23.8 Å². The first-order chi connectivity index (χ1) is 9.38. The van der Waals surface area contributed by atoms with Crippen LogP contribution in [0.5, 0.6) is 0 Å². The van der Waals surface area contributed by atoms with Crippen LogP contribution in [0.4, 0.5) is 11.4 Å². The predicted octanol–water partition coefficient (Wildman–Crippen LogP) is 1.58. The van der Waals surface area contributed by atoms with Crippen molar-refractivity contribution in [2.45, 2.75) is 26.1 Å². The lowest BCUT2D eigenvalue weighted by molar-refractivity contribution is -0.0585. The van der Waals surface area contributed by atoms with Gasteiger partial charge in [-0.15, -0.1) is 0 Å². The first-order valence-electron chi connectivity index (χ1n) is 6.90. The molecular formula is C15H23N3O2. The molecule has 1 aromatic carbocycles. The third-order valence-electron chi connectivity index (χ3n) is 3.44. The van der Waals surface area contributed by atoms with Gasteiger partial charge in [0.2, 0.25) is 0 Å². The molecule has 5 nitrogen and oxygen atoms in total. The molecule has 20 heavy (non-hydrogen) atoms. The summed E-state index contributed by atoms with van der Waals surface area (Å²) in [5, 5.41) is 0. The second-order valence-electron chi connectivity index (χ2n) is 5.64. The maximum atomic E-state index is 12.8. The van der Waals surface area contributed by atoms with Crippen molar-refractivity contribution >= 4 is 17.3 Å². The summed E-state index contributed by atoms with van der Waals surface area (Å²) >= 11 is 0. The zero-order valence-corrected chi connectivity index (χ0v) is 12.6. The minimum absolute atomic E-state index is 0.0167. The van der Waals surface area contributed by atoms with Crippen LogP contribution in [0.25, 0.3) is 0 Å². The fraction of sp³-hybridized carbons (Fsp3) is 0.533. The van der Waals surface area contributed by atoms with Crippen LogP contribution in [0.15, 0.2) is 18.2 Å². The van der Waals surface area contributed by atoms with E-state index in [4.69, 9.17) is 10.5 Å². The zero-order valence-electron chi connectivity index (χ0n) is 12.6. The predicted molar refractivity (Wildman–Crippen MR) is 81.1 cm³/mol. The second kappa shape index (κ2) is 5.71. The first-order valence-corrected chi connectivity index (χ1v) is 6.90. The van der Waals surface area contributed by atoms with Crippen molar-refractivity contribution in [1.82, 2.24) is 4.90 Å². The maximum Gasteiger partial charge on any atom is 0.256 e. The van der Waals surface area contributed by atoms with Gasteiger partial charge >= 0.3 is 0 Å². The van der Waals surface area contributed by atoms with Crippen molar-refractivity contribution in [1.29, 1.82) is 0 Å². The van der Waals surface area contributed by atoms with Crippen molar-refractivity contribution in [3.63, 3.8) is 0 Å². The van der Waals surface area contributed by atoms with E-state index in [1.165, 1.54) is 0 Å². The van der Waals surface area contributed by atoms with Crippen LogP contribution in [-0.2, 0) is 4.74 Å². The molecule has 0 spiro atoms. The number of nitrogens with zero attached hydrogens (tertiary/aromatic N) is 2. The highest BCUT2D eigenvalue weighted by atomic mass is 16.5. The van der Waals surface area contributed by atoms with E-state index in [2.05, 4.69) is 0 Å². The number of carbonyl (C=O) groups is 1. The van der Waals surface area contributed by atoms with Crippen molar-refractivity contribution in [3.8, 4) is 0 Å². The summed E-state index contributed by atoms with van der Waals surface area (Å²) in [6.45, 7) is 5.21. The van der Waals surface area contributed by atoms with E-state index < -0.39 is 0 Å². The third kappa shape index (κ3) is 3.04. The van der Waals surface area contributed by atoms with Gasteiger partial charge in [0.05, 0.1) is 17.8 Å². The molecule has 1 aliphatic heterocycles. The number of anilines is 2. The lowest BCUT2D eigenvalue weighted by Crippen LogP contribution is -2.48. The van der Waals surface area contributed by atoms with Crippen LogP contribution in [0.1, 0.15) is 24.2 Å². The van der Waals surface area contributed by atoms with E-state index in [-0.39, 0.29) is 18.1 Å². The van der Waals surface area contributed by atoms with Crippen LogP contribution >= 0.6 is 0 Å². The van der Waals surface area contributed by atoms with E-state index in [1.807, 2.05) is 49.9 Å². The fourth-order valence-electron chi connectivity index (χ4n) is 2.63. The molecule has 0 saturated carbocycles. The van der Waals surface area contributed by atoms with Gasteiger partial charge in [0, 0.05) is 38.6 Å². The van der Waals surface area contributed by atoms with Crippen molar-refractivity contribution in [2.75, 3.05) is 37.8 Å². The molecule has 2 N–H and O–H groups in total. The summed E-state index contributed by atoms with van der Waals surface area (Å²) in [6, 6.07) is 5.45. The Morgan fingerprint density at radius 1 is 1.30 bits per heavy atom. The Kier molecular flexibility index (Phi) is 4.18. The van der Waals surface area contributed by atoms with Gasteiger partial charge in [-0.1, -0.05) is 0 Å². The molecule has 1 saturated heterocycles. The van der Waals surface area contributed by atoms with E-state index in [9.17, 15) is 4.79 Å². The average Bonchev–Trinajstić information content (AvgIpc) is 2.36. The molecule has 2 rings (SSSR count). The quantitative estimate of drug-likeness (QED) is 0.834. The highest BCUT2D eigenvalue weighted by Gasteiger charge is 2.28. The van der Waals surface area contributed by atoms with Gasteiger partial charge in [-0.25, -0.2) is 0 Å². The molecule has 1 aliphatic rings. The number of hydrogen-bond acceptors (Lipinski definition) is 4. The number of benzene rings is 1. The number of ether oxygens (including phenoxy) is 1. The number of nitrogen functional groups attached to an aromatic ring is 1. The van der Waals surface area contributed by atoms with Gasteiger partial charge in [-0.2, -0.15) is 0 Å². The Balaban J connectivity index is 2.30. The van der Waals surface area contributed by atoms with Gasteiger partial charge in [-0.05, 0) is 32.0 Å². The second-order valence-corrected chi connectivity index (χ2v) is 5.64. The molecule has 1 heterocycles.